The molecular formula is C13H19N5O2S. The largest absolute Gasteiger partial charge is 0.390 e. The second-order valence-corrected chi connectivity index (χ2v) is 5.99. The van der Waals surface area contributed by atoms with Crippen molar-refractivity contribution in [3.63, 3.8) is 0 Å². The number of aliphatic hydroxyl groups is 2. The first-order valence-corrected chi connectivity index (χ1v) is 7.81. The number of rotatable bonds is 4. The molecule has 1 unspecified atom stereocenters. The van der Waals surface area contributed by atoms with Gasteiger partial charge in [0.05, 0.1) is 24.9 Å². The van der Waals surface area contributed by atoms with Crippen LogP contribution < -0.4 is 4.90 Å². The van der Waals surface area contributed by atoms with Gasteiger partial charge in [-0.15, -0.1) is 11.3 Å². The Balaban J connectivity index is 1.64. The fourth-order valence-electron chi connectivity index (χ4n) is 2.48. The molecule has 8 heteroatoms. The van der Waals surface area contributed by atoms with E-state index in [2.05, 4.69) is 24.8 Å². The summed E-state index contributed by atoms with van der Waals surface area (Å²) in [6.07, 6.45) is 3.12. The molecule has 3 rings (SSSR count). The van der Waals surface area contributed by atoms with Crippen LogP contribution in [0, 0.1) is 0 Å². The molecule has 1 aliphatic heterocycles. The molecule has 0 saturated carbocycles. The molecule has 2 aromatic heterocycles. The summed E-state index contributed by atoms with van der Waals surface area (Å²) in [5.41, 5.74) is 0.682. The van der Waals surface area contributed by atoms with Gasteiger partial charge in [-0.2, -0.15) is 0 Å². The lowest BCUT2D eigenvalue weighted by molar-refractivity contribution is 0.128. The van der Waals surface area contributed by atoms with E-state index < -0.39 is 6.10 Å². The maximum Gasteiger partial charge on any atom is 0.185 e. The van der Waals surface area contributed by atoms with Gasteiger partial charge in [-0.3, -0.25) is 4.90 Å². The molecule has 7 nitrogen and oxygen atoms in total. The predicted octanol–water partition coefficient (Wildman–Crippen LogP) is 0.0416. The van der Waals surface area contributed by atoms with E-state index in [1.54, 1.807) is 6.20 Å². The molecule has 1 atom stereocenters. The molecule has 0 amide bonds. The molecule has 21 heavy (non-hydrogen) atoms. The molecule has 0 spiro atoms. The summed E-state index contributed by atoms with van der Waals surface area (Å²) < 4.78 is 0. The number of hydrogen-bond donors (Lipinski definition) is 3. The molecular weight excluding hydrogens is 290 g/mol. The number of aromatic amines is 1. The van der Waals surface area contributed by atoms with E-state index in [-0.39, 0.29) is 6.61 Å². The van der Waals surface area contributed by atoms with Gasteiger partial charge in [-0.05, 0) is 0 Å². The first-order chi connectivity index (χ1) is 10.2. The maximum absolute atomic E-state index is 10.2. The van der Waals surface area contributed by atoms with Crippen molar-refractivity contribution in [2.24, 2.45) is 0 Å². The van der Waals surface area contributed by atoms with Crippen molar-refractivity contribution in [3.05, 3.63) is 29.3 Å². The number of nitrogens with one attached hydrogen (secondary N) is 1. The highest BCUT2D eigenvalue weighted by atomic mass is 32.1. The van der Waals surface area contributed by atoms with Gasteiger partial charge in [0, 0.05) is 44.0 Å². The molecule has 3 N–H and O–H groups in total. The summed E-state index contributed by atoms with van der Waals surface area (Å²) in [5, 5.41) is 22.0. The van der Waals surface area contributed by atoms with E-state index in [9.17, 15) is 5.11 Å². The van der Waals surface area contributed by atoms with Crippen molar-refractivity contribution in [3.8, 4) is 0 Å². The lowest BCUT2D eigenvalue weighted by Crippen LogP contribution is -2.33. The summed E-state index contributed by atoms with van der Waals surface area (Å²) in [6, 6.07) is 0. The first-order valence-electron chi connectivity index (χ1n) is 6.93. The smallest absolute Gasteiger partial charge is 0.185 e. The number of H-pyrrole nitrogens is 1. The summed E-state index contributed by atoms with van der Waals surface area (Å²) in [4.78, 5) is 16.0. The Hall–Kier alpha value is -1.48. The number of imidazole rings is 1. The van der Waals surface area contributed by atoms with Crippen molar-refractivity contribution in [1.29, 1.82) is 0 Å². The lowest BCUT2D eigenvalue weighted by atomic mass is 10.3. The molecule has 1 fully saturated rings. The topological polar surface area (TPSA) is 88.5 Å². The maximum atomic E-state index is 10.2. The number of aromatic nitrogens is 3. The predicted molar refractivity (Wildman–Crippen MR) is 80.1 cm³/mol. The van der Waals surface area contributed by atoms with Crippen LogP contribution in [0.25, 0.3) is 0 Å². The van der Waals surface area contributed by atoms with Crippen molar-refractivity contribution in [1.82, 2.24) is 19.9 Å². The second kappa shape index (κ2) is 6.52. The molecule has 1 aliphatic rings. The number of nitrogens with zero attached hydrogens (tertiary/aromatic N) is 4. The normalized spacial score (nSPS) is 20.7. The van der Waals surface area contributed by atoms with Gasteiger partial charge in [-0.1, -0.05) is 0 Å². The number of aliphatic hydroxyl groups excluding tert-OH is 2. The fraction of sp³-hybridized carbons (Fsp3) is 0.538. The Bertz CT molecular complexity index is 559. The fourth-order valence-corrected chi connectivity index (χ4v) is 3.34. The molecule has 3 heterocycles. The van der Waals surface area contributed by atoms with Crippen LogP contribution in [0.2, 0.25) is 0 Å². The van der Waals surface area contributed by atoms with E-state index in [0.717, 1.165) is 24.0 Å². The summed E-state index contributed by atoms with van der Waals surface area (Å²) >= 11 is 1.51. The van der Waals surface area contributed by atoms with E-state index in [1.165, 1.54) is 11.3 Å². The monoisotopic (exact) mass is 309 g/mol. The average Bonchev–Trinajstić information content (AvgIpc) is 3.10. The van der Waals surface area contributed by atoms with Crippen molar-refractivity contribution in [2.75, 3.05) is 31.1 Å². The highest BCUT2D eigenvalue weighted by molar-refractivity contribution is 7.13. The standard InChI is InChI=1S/C13H19N5O2S/c19-8-10-9-21-13(16-10)18-4-3-17(5-11(20)6-18)7-12-14-1-2-15-12/h1-2,9,11,19-20H,3-8H2,(H,14,15). The number of β-amino-alcohol motifs (C(OH)–C–C–N with tert-alkyl or cyclic N) is 1. The van der Waals surface area contributed by atoms with Gasteiger partial charge in [-0.25, -0.2) is 9.97 Å². The molecule has 0 aromatic carbocycles. The summed E-state index contributed by atoms with van der Waals surface area (Å²) in [7, 11) is 0. The molecule has 114 valence electrons. The van der Waals surface area contributed by atoms with Crippen LogP contribution in [-0.2, 0) is 13.2 Å². The molecule has 0 radical (unpaired) electrons. The van der Waals surface area contributed by atoms with Gasteiger partial charge in [0.15, 0.2) is 5.13 Å². The van der Waals surface area contributed by atoms with Gasteiger partial charge in [0.1, 0.15) is 5.82 Å². The van der Waals surface area contributed by atoms with Gasteiger partial charge >= 0.3 is 0 Å². The minimum Gasteiger partial charge on any atom is -0.390 e. The lowest BCUT2D eigenvalue weighted by Gasteiger charge is -2.20. The average molecular weight is 309 g/mol. The third kappa shape index (κ3) is 3.59. The SMILES string of the molecule is OCc1csc(N2CCN(Cc3ncc[nH]3)CC(O)C2)n1. The zero-order valence-corrected chi connectivity index (χ0v) is 12.5. The molecule has 0 bridgehead atoms. The Morgan fingerprint density at radius 1 is 1.38 bits per heavy atom. The van der Waals surface area contributed by atoms with Crippen LogP contribution >= 0.6 is 11.3 Å². The van der Waals surface area contributed by atoms with Crippen LogP contribution in [-0.4, -0.2) is 62.3 Å². The quantitative estimate of drug-likeness (QED) is 0.739. The van der Waals surface area contributed by atoms with Crippen LogP contribution in [0.15, 0.2) is 17.8 Å². The van der Waals surface area contributed by atoms with E-state index in [4.69, 9.17) is 5.11 Å². The van der Waals surface area contributed by atoms with Gasteiger partial charge < -0.3 is 20.1 Å². The minimum absolute atomic E-state index is 0.0441. The zero-order valence-electron chi connectivity index (χ0n) is 11.6. The second-order valence-electron chi connectivity index (χ2n) is 5.15. The Labute approximate surface area is 126 Å². The Kier molecular flexibility index (Phi) is 4.49. The van der Waals surface area contributed by atoms with Crippen LogP contribution in [0.4, 0.5) is 5.13 Å². The van der Waals surface area contributed by atoms with Crippen LogP contribution in [0.5, 0.6) is 0 Å². The highest BCUT2D eigenvalue weighted by Crippen LogP contribution is 2.22. The molecule has 0 aliphatic carbocycles. The Morgan fingerprint density at radius 3 is 3.00 bits per heavy atom. The molecule has 2 aromatic rings. The third-order valence-corrected chi connectivity index (χ3v) is 4.44. The van der Waals surface area contributed by atoms with Gasteiger partial charge in [0.25, 0.3) is 0 Å². The number of hydrogen-bond acceptors (Lipinski definition) is 7. The summed E-state index contributed by atoms with van der Waals surface area (Å²) in [5.74, 6) is 0.910. The highest BCUT2D eigenvalue weighted by Gasteiger charge is 2.23. The van der Waals surface area contributed by atoms with Crippen molar-refractivity contribution >= 4 is 16.5 Å². The third-order valence-electron chi connectivity index (χ3n) is 3.49. The summed E-state index contributed by atoms with van der Waals surface area (Å²) in [6.45, 7) is 3.49. The van der Waals surface area contributed by atoms with E-state index in [1.807, 2.05) is 11.6 Å². The molecule has 1 saturated heterocycles. The van der Waals surface area contributed by atoms with Gasteiger partial charge in [0.2, 0.25) is 0 Å². The van der Waals surface area contributed by atoms with Crippen LogP contribution in [0.3, 0.4) is 0 Å². The van der Waals surface area contributed by atoms with Crippen molar-refractivity contribution in [2.45, 2.75) is 19.3 Å². The minimum atomic E-state index is -0.427. The van der Waals surface area contributed by atoms with E-state index in [0.29, 0.717) is 25.3 Å². The van der Waals surface area contributed by atoms with E-state index >= 15 is 0 Å². The number of anilines is 1. The Morgan fingerprint density at radius 2 is 2.29 bits per heavy atom. The zero-order chi connectivity index (χ0) is 14.7. The first kappa shape index (κ1) is 14.5. The van der Waals surface area contributed by atoms with Crippen LogP contribution in [0.1, 0.15) is 11.5 Å². The number of thiazole rings is 1. The van der Waals surface area contributed by atoms with Crippen molar-refractivity contribution < 1.29 is 10.2 Å².